The molecule has 2 rings (SSSR count). The van der Waals surface area contributed by atoms with Gasteiger partial charge in [-0.15, -0.1) is 0 Å². The van der Waals surface area contributed by atoms with Crippen molar-refractivity contribution in [2.75, 3.05) is 27.2 Å². The van der Waals surface area contributed by atoms with Gasteiger partial charge in [-0.3, -0.25) is 0 Å². The van der Waals surface area contributed by atoms with Crippen LogP contribution >= 0.6 is 0 Å². The molecule has 0 amide bonds. The molecule has 0 radical (unpaired) electrons. The van der Waals surface area contributed by atoms with Crippen molar-refractivity contribution >= 4 is 12.0 Å². The summed E-state index contributed by atoms with van der Waals surface area (Å²) >= 11 is 0. The number of carboxylic acids is 1. The molecule has 0 spiro atoms. The lowest BCUT2D eigenvalue weighted by Crippen LogP contribution is -2.41. The van der Waals surface area contributed by atoms with Crippen LogP contribution in [0.25, 0.3) is 6.08 Å². The smallest absolute Gasteiger partial charge is 0.328 e. The highest BCUT2D eigenvalue weighted by Crippen LogP contribution is 2.30. The second-order valence-corrected chi connectivity index (χ2v) is 5.27. The Hall–Kier alpha value is -1.65. The molecule has 4 nitrogen and oxygen atoms in total. The minimum Gasteiger partial charge on any atom is -0.478 e. The number of rotatable bonds is 4. The lowest BCUT2D eigenvalue weighted by molar-refractivity contribution is -0.131. The maximum atomic E-state index is 10.6. The Morgan fingerprint density at radius 3 is 3.00 bits per heavy atom. The fraction of sp³-hybridized carbons (Fsp3) is 0.438. The molecule has 1 aliphatic rings. The van der Waals surface area contributed by atoms with E-state index in [1.165, 1.54) is 11.6 Å². The zero-order valence-corrected chi connectivity index (χ0v) is 12.0. The SMILES string of the molecule is COC1CN(C)CC[C@@H]1c1cccc(C=CC(=O)O)c1. The average Bonchev–Trinajstić information content (AvgIpc) is 2.45. The van der Waals surface area contributed by atoms with Gasteiger partial charge in [-0.2, -0.15) is 0 Å². The Kier molecular flexibility index (Phi) is 4.93. The van der Waals surface area contributed by atoms with Crippen LogP contribution in [0.3, 0.4) is 0 Å². The van der Waals surface area contributed by atoms with Gasteiger partial charge in [0.25, 0.3) is 0 Å². The molecule has 2 atom stereocenters. The number of benzene rings is 1. The van der Waals surface area contributed by atoms with Crippen LogP contribution in [0.15, 0.2) is 30.3 Å². The van der Waals surface area contributed by atoms with Gasteiger partial charge < -0.3 is 14.7 Å². The van der Waals surface area contributed by atoms with Crippen LogP contribution in [0, 0.1) is 0 Å². The van der Waals surface area contributed by atoms with E-state index in [1.807, 2.05) is 12.1 Å². The fourth-order valence-corrected chi connectivity index (χ4v) is 2.75. The van der Waals surface area contributed by atoms with Crippen LogP contribution < -0.4 is 0 Å². The van der Waals surface area contributed by atoms with E-state index in [0.29, 0.717) is 5.92 Å². The molecule has 1 unspecified atom stereocenters. The van der Waals surface area contributed by atoms with Crippen molar-refractivity contribution in [3.05, 3.63) is 41.5 Å². The van der Waals surface area contributed by atoms with Crippen molar-refractivity contribution in [1.29, 1.82) is 0 Å². The summed E-state index contributed by atoms with van der Waals surface area (Å²) in [7, 11) is 3.86. The molecule has 1 saturated heterocycles. The van der Waals surface area contributed by atoms with Gasteiger partial charge in [0.2, 0.25) is 0 Å². The standard InChI is InChI=1S/C16H21NO3/c1-17-9-8-14(15(11-17)20-2)13-5-3-4-12(10-13)6-7-16(18)19/h3-7,10,14-15H,8-9,11H2,1-2H3,(H,18,19)/t14-,15?/m1/s1. The molecule has 0 bridgehead atoms. The third-order valence-corrected chi connectivity index (χ3v) is 3.82. The lowest BCUT2D eigenvalue weighted by Gasteiger charge is -2.36. The number of piperidine rings is 1. The van der Waals surface area contributed by atoms with Crippen molar-refractivity contribution in [1.82, 2.24) is 4.90 Å². The summed E-state index contributed by atoms with van der Waals surface area (Å²) in [5, 5.41) is 8.69. The number of nitrogens with zero attached hydrogens (tertiary/aromatic N) is 1. The summed E-state index contributed by atoms with van der Waals surface area (Å²) in [4.78, 5) is 12.9. The van der Waals surface area contributed by atoms with E-state index in [0.717, 1.165) is 25.1 Å². The molecule has 108 valence electrons. The van der Waals surface area contributed by atoms with E-state index in [-0.39, 0.29) is 6.10 Å². The van der Waals surface area contributed by atoms with Gasteiger partial charge in [0.1, 0.15) is 0 Å². The molecule has 4 heteroatoms. The predicted molar refractivity (Wildman–Crippen MR) is 78.8 cm³/mol. The molecular weight excluding hydrogens is 254 g/mol. The normalized spacial score (nSPS) is 24.1. The number of likely N-dealkylation sites (N-methyl/N-ethyl adjacent to an activating group) is 1. The van der Waals surface area contributed by atoms with Gasteiger partial charge in [0.05, 0.1) is 6.10 Å². The molecule has 1 aromatic carbocycles. The Morgan fingerprint density at radius 2 is 2.30 bits per heavy atom. The summed E-state index contributed by atoms with van der Waals surface area (Å²) < 4.78 is 5.61. The van der Waals surface area contributed by atoms with Crippen LogP contribution in [0.4, 0.5) is 0 Å². The highest BCUT2D eigenvalue weighted by Gasteiger charge is 2.28. The van der Waals surface area contributed by atoms with Crippen molar-refractivity contribution < 1.29 is 14.6 Å². The number of hydrogen-bond donors (Lipinski definition) is 1. The van der Waals surface area contributed by atoms with Gasteiger partial charge >= 0.3 is 5.97 Å². The second kappa shape index (κ2) is 6.68. The molecule has 1 N–H and O–H groups in total. The van der Waals surface area contributed by atoms with Gasteiger partial charge in [0, 0.05) is 25.6 Å². The number of hydrogen-bond acceptors (Lipinski definition) is 3. The van der Waals surface area contributed by atoms with Gasteiger partial charge in [-0.1, -0.05) is 24.3 Å². The zero-order valence-electron chi connectivity index (χ0n) is 12.0. The van der Waals surface area contributed by atoms with Crippen LogP contribution in [-0.2, 0) is 9.53 Å². The average molecular weight is 275 g/mol. The maximum absolute atomic E-state index is 10.6. The summed E-state index contributed by atoms with van der Waals surface area (Å²) in [6.45, 7) is 1.98. The number of aliphatic carboxylic acids is 1. The monoisotopic (exact) mass is 275 g/mol. The summed E-state index contributed by atoms with van der Waals surface area (Å²) in [6.07, 6.45) is 4.04. The first-order chi connectivity index (χ1) is 9.60. The van der Waals surface area contributed by atoms with E-state index in [4.69, 9.17) is 9.84 Å². The summed E-state index contributed by atoms with van der Waals surface area (Å²) in [5.74, 6) is -0.557. The van der Waals surface area contributed by atoms with Crippen molar-refractivity contribution in [2.45, 2.75) is 18.4 Å². The molecule has 0 saturated carbocycles. The van der Waals surface area contributed by atoms with Crippen molar-refractivity contribution in [2.24, 2.45) is 0 Å². The van der Waals surface area contributed by atoms with Crippen LogP contribution in [0.5, 0.6) is 0 Å². The first-order valence-electron chi connectivity index (χ1n) is 6.82. The van der Waals surface area contributed by atoms with Crippen LogP contribution in [-0.4, -0.2) is 49.3 Å². The van der Waals surface area contributed by atoms with E-state index in [9.17, 15) is 4.79 Å². The summed E-state index contributed by atoms with van der Waals surface area (Å²) in [5.41, 5.74) is 2.14. The second-order valence-electron chi connectivity index (χ2n) is 5.27. The van der Waals surface area contributed by atoms with Gasteiger partial charge in [-0.25, -0.2) is 4.79 Å². The van der Waals surface area contributed by atoms with Crippen LogP contribution in [0.2, 0.25) is 0 Å². The number of likely N-dealkylation sites (tertiary alicyclic amines) is 1. The van der Waals surface area contributed by atoms with Gasteiger partial charge in [0.15, 0.2) is 0 Å². The minimum atomic E-state index is -0.926. The number of ether oxygens (including phenoxy) is 1. The number of carboxylic acid groups (broad SMARTS) is 1. The fourth-order valence-electron chi connectivity index (χ4n) is 2.75. The minimum absolute atomic E-state index is 0.187. The molecule has 1 aromatic rings. The molecule has 1 heterocycles. The third kappa shape index (κ3) is 3.68. The Bertz CT molecular complexity index is 498. The van der Waals surface area contributed by atoms with E-state index in [1.54, 1.807) is 13.2 Å². The zero-order chi connectivity index (χ0) is 14.5. The number of methoxy groups -OCH3 is 1. The van der Waals surface area contributed by atoms with E-state index < -0.39 is 5.97 Å². The largest absolute Gasteiger partial charge is 0.478 e. The van der Waals surface area contributed by atoms with Crippen LogP contribution in [0.1, 0.15) is 23.5 Å². The van der Waals surface area contributed by atoms with Gasteiger partial charge in [-0.05, 0) is 37.2 Å². The molecule has 0 aliphatic carbocycles. The molecule has 1 fully saturated rings. The molecular formula is C16H21NO3. The summed E-state index contributed by atoms with van der Waals surface area (Å²) in [6, 6.07) is 8.04. The van der Waals surface area contributed by atoms with E-state index in [2.05, 4.69) is 24.1 Å². The quantitative estimate of drug-likeness (QED) is 0.856. The first-order valence-corrected chi connectivity index (χ1v) is 6.82. The van der Waals surface area contributed by atoms with Crippen molar-refractivity contribution in [3.8, 4) is 0 Å². The van der Waals surface area contributed by atoms with Crippen molar-refractivity contribution in [3.63, 3.8) is 0 Å². The Labute approximate surface area is 119 Å². The molecule has 1 aliphatic heterocycles. The van der Waals surface area contributed by atoms with E-state index >= 15 is 0 Å². The Morgan fingerprint density at radius 1 is 1.50 bits per heavy atom. The Balaban J connectivity index is 2.19. The molecule has 20 heavy (non-hydrogen) atoms. The number of carbonyl (C=O) groups is 1. The molecule has 0 aromatic heterocycles. The lowest BCUT2D eigenvalue weighted by atomic mass is 9.86. The maximum Gasteiger partial charge on any atom is 0.328 e. The highest BCUT2D eigenvalue weighted by molar-refractivity contribution is 5.85. The highest BCUT2D eigenvalue weighted by atomic mass is 16.5. The predicted octanol–water partition coefficient (Wildman–Crippen LogP) is 2.22. The first kappa shape index (κ1) is 14.8. The third-order valence-electron chi connectivity index (χ3n) is 3.82. The topological polar surface area (TPSA) is 49.8 Å².